The number of nitrogens with zero attached hydrogens (tertiary/aromatic N) is 4. The molecule has 5 heteroatoms. The second kappa shape index (κ2) is 5.55. The van der Waals surface area contributed by atoms with Crippen LogP contribution in [0.5, 0.6) is 0 Å². The molecule has 1 amide bonds. The maximum absolute atomic E-state index is 12.3. The minimum atomic E-state index is 0.247. The predicted molar refractivity (Wildman–Crippen MR) is 72.8 cm³/mol. The summed E-state index contributed by atoms with van der Waals surface area (Å²) in [5.41, 5.74) is 0. The van der Waals surface area contributed by atoms with Gasteiger partial charge in [-0.2, -0.15) is 0 Å². The molecule has 1 saturated heterocycles. The van der Waals surface area contributed by atoms with E-state index in [9.17, 15) is 4.79 Å². The lowest BCUT2D eigenvalue weighted by molar-refractivity contribution is -0.134. The minimum Gasteiger partial charge on any atom is -0.345 e. The molecular formula is C14H20N4O. The van der Waals surface area contributed by atoms with E-state index >= 15 is 0 Å². The first-order chi connectivity index (χ1) is 9.34. The zero-order chi connectivity index (χ0) is 13.1. The molecule has 2 heterocycles. The van der Waals surface area contributed by atoms with E-state index in [0.717, 1.165) is 18.9 Å². The summed E-state index contributed by atoms with van der Waals surface area (Å²) >= 11 is 0. The topological polar surface area (TPSA) is 49.3 Å². The Morgan fingerprint density at radius 1 is 1.16 bits per heavy atom. The van der Waals surface area contributed by atoms with E-state index in [1.165, 1.54) is 38.4 Å². The fraction of sp³-hybridized carbons (Fsp3) is 0.643. The number of carbonyl (C=O) groups is 1. The van der Waals surface area contributed by atoms with Crippen LogP contribution in [0.1, 0.15) is 32.1 Å². The van der Waals surface area contributed by atoms with Crippen LogP contribution in [0.4, 0.5) is 5.82 Å². The van der Waals surface area contributed by atoms with Crippen LogP contribution in [0.2, 0.25) is 0 Å². The van der Waals surface area contributed by atoms with Crippen molar-refractivity contribution in [2.75, 3.05) is 24.5 Å². The Morgan fingerprint density at radius 2 is 2.00 bits per heavy atom. The van der Waals surface area contributed by atoms with Crippen LogP contribution in [-0.2, 0) is 4.79 Å². The van der Waals surface area contributed by atoms with Crippen molar-refractivity contribution in [2.45, 2.75) is 38.1 Å². The summed E-state index contributed by atoms with van der Waals surface area (Å²) in [6, 6.07) is 2.35. The molecule has 0 aromatic carbocycles. The van der Waals surface area contributed by atoms with Crippen LogP contribution >= 0.6 is 0 Å². The second-order valence-corrected chi connectivity index (χ2v) is 5.37. The predicted octanol–water partition coefficient (Wildman–Crippen LogP) is 1.46. The first kappa shape index (κ1) is 12.4. The van der Waals surface area contributed by atoms with Crippen molar-refractivity contribution in [2.24, 2.45) is 0 Å². The Balaban J connectivity index is 1.64. The third-order valence-corrected chi connectivity index (χ3v) is 4.16. The fourth-order valence-electron chi connectivity index (χ4n) is 3.13. The van der Waals surface area contributed by atoms with E-state index in [1.807, 2.05) is 11.0 Å². The summed E-state index contributed by atoms with van der Waals surface area (Å²) in [6.45, 7) is 2.15. The Morgan fingerprint density at radius 3 is 2.68 bits per heavy atom. The molecule has 0 bridgehead atoms. The van der Waals surface area contributed by atoms with Crippen LogP contribution in [0.25, 0.3) is 0 Å². The van der Waals surface area contributed by atoms with Crippen molar-refractivity contribution < 1.29 is 4.79 Å². The molecule has 2 aliphatic rings. The third-order valence-electron chi connectivity index (χ3n) is 4.16. The monoisotopic (exact) mass is 260 g/mol. The molecule has 0 radical (unpaired) electrons. The zero-order valence-corrected chi connectivity index (χ0v) is 11.2. The van der Waals surface area contributed by atoms with Crippen LogP contribution in [0, 0.1) is 0 Å². The highest BCUT2D eigenvalue weighted by Gasteiger charge is 2.30. The number of hydrogen-bond donors (Lipinski definition) is 0. The summed E-state index contributed by atoms with van der Waals surface area (Å²) in [6.07, 6.45) is 9.48. The summed E-state index contributed by atoms with van der Waals surface area (Å²) in [7, 11) is 0. The zero-order valence-electron chi connectivity index (χ0n) is 11.2. The normalized spacial score (nSPS) is 21.8. The standard InChI is InChI=1S/C14H20N4O/c19-14-10-17(13-6-7-15-11-16-13)8-9-18(14)12-4-2-1-3-5-12/h6-7,11-12H,1-5,8-10H2. The van der Waals surface area contributed by atoms with Crippen LogP contribution in [-0.4, -0.2) is 46.5 Å². The minimum absolute atomic E-state index is 0.247. The van der Waals surface area contributed by atoms with E-state index in [1.54, 1.807) is 6.20 Å². The molecule has 0 N–H and O–H groups in total. The molecular weight excluding hydrogens is 240 g/mol. The van der Waals surface area contributed by atoms with Crippen molar-refractivity contribution in [3.63, 3.8) is 0 Å². The van der Waals surface area contributed by atoms with Gasteiger partial charge in [0.2, 0.25) is 5.91 Å². The van der Waals surface area contributed by atoms with Gasteiger partial charge in [-0.3, -0.25) is 4.79 Å². The first-order valence-corrected chi connectivity index (χ1v) is 7.15. The molecule has 1 aliphatic heterocycles. The molecule has 1 aromatic heterocycles. The first-order valence-electron chi connectivity index (χ1n) is 7.15. The maximum atomic E-state index is 12.3. The highest BCUT2D eigenvalue weighted by molar-refractivity contribution is 5.82. The van der Waals surface area contributed by atoms with Gasteiger partial charge in [0.15, 0.2) is 0 Å². The number of piperazine rings is 1. The van der Waals surface area contributed by atoms with Gasteiger partial charge < -0.3 is 9.80 Å². The molecule has 0 spiro atoms. The SMILES string of the molecule is O=C1CN(c2ccncn2)CCN1C1CCCCC1. The Kier molecular flexibility index (Phi) is 3.62. The lowest BCUT2D eigenvalue weighted by Gasteiger charge is -2.40. The van der Waals surface area contributed by atoms with Gasteiger partial charge >= 0.3 is 0 Å². The van der Waals surface area contributed by atoms with Crippen LogP contribution in [0.3, 0.4) is 0 Å². The average molecular weight is 260 g/mol. The highest BCUT2D eigenvalue weighted by atomic mass is 16.2. The second-order valence-electron chi connectivity index (χ2n) is 5.37. The van der Waals surface area contributed by atoms with E-state index in [0.29, 0.717) is 12.6 Å². The van der Waals surface area contributed by atoms with E-state index in [-0.39, 0.29) is 5.91 Å². The van der Waals surface area contributed by atoms with E-state index in [4.69, 9.17) is 0 Å². The van der Waals surface area contributed by atoms with Gasteiger partial charge in [-0.05, 0) is 18.9 Å². The summed E-state index contributed by atoms with van der Waals surface area (Å²) < 4.78 is 0. The van der Waals surface area contributed by atoms with Crippen molar-refractivity contribution in [1.29, 1.82) is 0 Å². The molecule has 1 aliphatic carbocycles. The van der Waals surface area contributed by atoms with Gasteiger partial charge in [0.1, 0.15) is 12.1 Å². The summed E-state index contributed by atoms with van der Waals surface area (Å²) in [5, 5.41) is 0. The van der Waals surface area contributed by atoms with Crippen LogP contribution in [0.15, 0.2) is 18.6 Å². The third kappa shape index (κ3) is 2.69. The molecule has 2 fully saturated rings. The fourth-order valence-corrected chi connectivity index (χ4v) is 3.13. The highest BCUT2D eigenvalue weighted by Crippen LogP contribution is 2.24. The van der Waals surface area contributed by atoms with Crippen LogP contribution < -0.4 is 4.90 Å². The maximum Gasteiger partial charge on any atom is 0.242 e. The van der Waals surface area contributed by atoms with Crippen molar-refractivity contribution in [3.8, 4) is 0 Å². The number of carbonyl (C=O) groups excluding carboxylic acids is 1. The van der Waals surface area contributed by atoms with Crippen molar-refractivity contribution in [3.05, 3.63) is 18.6 Å². The van der Waals surface area contributed by atoms with Gasteiger partial charge in [-0.25, -0.2) is 9.97 Å². The lowest BCUT2D eigenvalue weighted by Crippen LogP contribution is -2.54. The smallest absolute Gasteiger partial charge is 0.242 e. The Hall–Kier alpha value is -1.65. The number of hydrogen-bond acceptors (Lipinski definition) is 4. The Labute approximate surface area is 113 Å². The Bertz CT molecular complexity index is 430. The van der Waals surface area contributed by atoms with Gasteiger partial charge in [-0.15, -0.1) is 0 Å². The van der Waals surface area contributed by atoms with E-state index < -0.39 is 0 Å². The summed E-state index contributed by atoms with van der Waals surface area (Å²) in [4.78, 5) is 24.6. The van der Waals surface area contributed by atoms with Crippen molar-refractivity contribution >= 4 is 11.7 Å². The molecule has 0 atom stereocenters. The summed E-state index contributed by atoms with van der Waals surface area (Å²) in [5.74, 6) is 1.10. The van der Waals surface area contributed by atoms with Gasteiger partial charge in [0.25, 0.3) is 0 Å². The molecule has 5 nitrogen and oxygen atoms in total. The average Bonchev–Trinajstić information content (AvgIpc) is 2.49. The molecule has 0 unspecified atom stereocenters. The number of rotatable bonds is 2. The molecule has 19 heavy (non-hydrogen) atoms. The van der Waals surface area contributed by atoms with Gasteiger partial charge in [0, 0.05) is 25.3 Å². The number of anilines is 1. The van der Waals surface area contributed by atoms with E-state index in [2.05, 4.69) is 14.9 Å². The number of amides is 1. The lowest BCUT2D eigenvalue weighted by atomic mass is 9.93. The quantitative estimate of drug-likeness (QED) is 0.807. The van der Waals surface area contributed by atoms with Crippen molar-refractivity contribution in [1.82, 2.24) is 14.9 Å². The molecule has 3 rings (SSSR count). The largest absolute Gasteiger partial charge is 0.345 e. The van der Waals surface area contributed by atoms with Gasteiger partial charge in [-0.1, -0.05) is 19.3 Å². The van der Waals surface area contributed by atoms with Gasteiger partial charge in [0.05, 0.1) is 6.54 Å². The molecule has 102 valence electrons. The number of aromatic nitrogens is 2. The molecule has 1 aromatic rings. The molecule has 1 saturated carbocycles.